The predicted octanol–water partition coefficient (Wildman–Crippen LogP) is 3.76. The van der Waals surface area contributed by atoms with Crippen molar-refractivity contribution < 1.29 is 18.4 Å². The number of methoxy groups -OCH3 is 1. The first-order chi connectivity index (χ1) is 11.8. The highest BCUT2D eigenvalue weighted by Gasteiger charge is 2.68. The van der Waals surface area contributed by atoms with E-state index in [2.05, 4.69) is 17.1 Å². The Kier molecular flexibility index (Phi) is 3.47. The Bertz CT molecular complexity index is 781. The number of nitrogens with zero attached hydrogens (tertiary/aromatic N) is 2. The minimum atomic E-state index is -1.32. The number of ether oxygens (including phenoxy) is 1. The standard InChI is InChI=1S/C19H23FN2O3/c1-17(20)7-4-12(5-8-17)14-21-16(25-22-14)19-9-6-13(15(23)24-3)18(19,2)10-11-19/h4-5,7,13H,6,8-11H2,1-3H3. The molecule has 0 aromatic carbocycles. The highest BCUT2D eigenvalue weighted by molar-refractivity contribution is 5.75. The van der Waals surface area contributed by atoms with Crippen LogP contribution in [0.1, 0.15) is 57.7 Å². The maximum Gasteiger partial charge on any atom is 0.309 e. The van der Waals surface area contributed by atoms with E-state index in [0.29, 0.717) is 18.1 Å². The number of esters is 1. The average Bonchev–Trinajstić information content (AvgIpc) is 3.12. The highest BCUT2D eigenvalue weighted by atomic mass is 19.1. The molecule has 3 aliphatic carbocycles. The summed E-state index contributed by atoms with van der Waals surface area (Å²) >= 11 is 0. The summed E-state index contributed by atoms with van der Waals surface area (Å²) in [4.78, 5) is 16.8. The molecule has 0 bridgehead atoms. The van der Waals surface area contributed by atoms with Crippen LogP contribution in [0.5, 0.6) is 0 Å². The summed E-state index contributed by atoms with van der Waals surface area (Å²) in [6, 6.07) is 0. The van der Waals surface area contributed by atoms with Gasteiger partial charge in [-0.1, -0.05) is 24.2 Å². The molecule has 0 radical (unpaired) electrons. The molecule has 0 N–H and O–H groups in total. The van der Waals surface area contributed by atoms with Gasteiger partial charge in [-0.3, -0.25) is 4.79 Å². The second-order valence-electron chi connectivity index (χ2n) is 8.01. The summed E-state index contributed by atoms with van der Waals surface area (Å²) in [5, 5.41) is 4.12. The zero-order chi connectivity index (χ0) is 17.9. The van der Waals surface area contributed by atoms with Crippen molar-refractivity contribution >= 4 is 11.5 Å². The van der Waals surface area contributed by atoms with Crippen molar-refractivity contribution in [1.82, 2.24) is 10.1 Å². The molecule has 2 fully saturated rings. The van der Waals surface area contributed by atoms with E-state index < -0.39 is 5.67 Å². The van der Waals surface area contributed by atoms with Gasteiger partial charge < -0.3 is 9.26 Å². The van der Waals surface area contributed by atoms with Gasteiger partial charge in [-0.05, 0) is 44.1 Å². The van der Waals surface area contributed by atoms with Gasteiger partial charge in [-0.25, -0.2) is 4.39 Å². The van der Waals surface area contributed by atoms with E-state index in [9.17, 15) is 9.18 Å². The predicted molar refractivity (Wildman–Crippen MR) is 89.3 cm³/mol. The van der Waals surface area contributed by atoms with Crippen LogP contribution in [-0.2, 0) is 14.9 Å². The molecule has 0 amide bonds. The first-order valence-corrected chi connectivity index (χ1v) is 8.82. The number of hydrogen-bond acceptors (Lipinski definition) is 5. The fourth-order valence-corrected chi connectivity index (χ4v) is 4.84. The second-order valence-corrected chi connectivity index (χ2v) is 8.01. The van der Waals surface area contributed by atoms with E-state index in [1.165, 1.54) is 13.2 Å². The van der Waals surface area contributed by atoms with Crippen molar-refractivity contribution in [3.05, 3.63) is 29.9 Å². The monoisotopic (exact) mass is 346 g/mol. The molecule has 1 heterocycles. The van der Waals surface area contributed by atoms with Crippen molar-refractivity contribution in [1.29, 1.82) is 0 Å². The number of halogens is 1. The first-order valence-electron chi connectivity index (χ1n) is 8.82. The molecule has 0 spiro atoms. The Labute approximate surface area is 146 Å². The largest absolute Gasteiger partial charge is 0.469 e. The molecule has 3 aliphatic rings. The van der Waals surface area contributed by atoms with Gasteiger partial charge in [0.15, 0.2) is 0 Å². The minimum absolute atomic E-state index is 0.123. The van der Waals surface area contributed by atoms with Crippen molar-refractivity contribution in [2.45, 2.75) is 57.0 Å². The molecule has 25 heavy (non-hydrogen) atoms. The van der Waals surface area contributed by atoms with Crippen LogP contribution in [0, 0.1) is 11.3 Å². The summed E-state index contributed by atoms with van der Waals surface area (Å²) < 4.78 is 24.5. The lowest BCUT2D eigenvalue weighted by atomic mass is 9.49. The number of hydrogen-bond donors (Lipinski definition) is 0. The Balaban J connectivity index is 1.62. The van der Waals surface area contributed by atoms with Crippen LogP contribution in [0.25, 0.3) is 5.57 Å². The van der Waals surface area contributed by atoms with Crippen LogP contribution < -0.4 is 0 Å². The second kappa shape index (κ2) is 5.26. The molecule has 0 aliphatic heterocycles. The zero-order valence-corrected chi connectivity index (χ0v) is 14.8. The van der Waals surface area contributed by atoms with Gasteiger partial charge in [0.1, 0.15) is 5.67 Å². The molecule has 1 aromatic rings. The lowest BCUT2D eigenvalue weighted by molar-refractivity contribution is -0.154. The van der Waals surface area contributed by atoms with Crippen LogP contribution in [0.4, 0.5) is 4.39 Å². The smallest absolute Gasteiger partial charge is 0.309 e. The molecule has 4 atom stereocenters. The number of aromatic nitrogens is 2. The van der Waals surface area contributed by atoms with E-state index in [-0.39, 0.29) is 22.7 Å². The molecule has 0 saturated heterocycles. The van der Waals surface area contributed by atoms with E-state index in [1.807, 2.05) is 0 Å². The van der Waals surface area contributed by atoms with Gasteiger partial charge in [0.25, 0.3) is 0 Å². The zero-order valence-electron chi connectivity index (χ0n) is 14.8. The van der Waals surface area contributed by atoms with Gasteiger partial charge >= 0.3 is 5.97 Å². The number of carbonyl (C=O) groups is 1. The van der Waals surface area contributed by atoms with E-state index in [0.717, 1.165) is 31.3 Å². The average molecular weight is 346 g/mol. The Morgan fingerprint density at radius 3 is 2.76 bits per heavy atom. The Hall–Kier alpha value is -1.98. The van der Waals surface area contributed by atoms with Crippen molar-refractivity contribution in [3.63, 3.8) is 0 Å². The maximum absolute atomic E-state index is 13.9. The number of alkyl halides is 1. The molecule has 1 aromatic heterocycles. The SMILES string of the molecule is COC(=O)C1CCC2(c3nc(C4=CCC(C)(F)C=C4)no3)CCC12C. The fraction of sp³-hybridized carbons (Fsp3) is 0.632. The summed E-state index contributed by atoms with van der Waals surface area (Å²) in [6.45, 7) is 3.67. The molecule has 5 nitrogen and oxygen atoms in total. The number of fused-ring (bicyclic) bond motifs is 1. The van der Waals surface area contributed by atoms with Gasteiger partial charge in [0, 0.05) is 12.0 Å². The highest BCUT2D eigenvalue weighted by Crippen LogP contribution is 2.69. The first kappa shape index (κ1) is 16.5. The van der Waals surface area contributed by atoms with Crippen LogP contribution >= 0.6 is 0 Å². The number of allylic oxidation sites excluding steroid dienone is 4. The van der Waals surface area contributed by atoms with Crippen LogP contribution in [-0.4, -0.2) is 28.9 Å². The van der Waals surface area contributed by atoms with Gasteiger partial charge in [0.05, 0.1) is 18.4 Å². The van der Waals surface area contributed by atoms with Crippen LogP contribution in [0.3, 0.4) is 0 Å². The van der Waals surface area contributed by atoms with E-state index >= 15 is 0 Å². The van der Waals surface area contributed by atoms with Gasteiger partial charge in [0.2, 0.25) is 11.7 Å². The molecule has 6 heteroatoms. The third-order valence-electron chi connectivity index (χ3n) is 6.70. The molecule has 2 saturated carbocycles. The van der Waals surface area contributed by atoms with Crippen LogP contribution in [0.2, 0.25) is 0 Å². The van der Waals surface area contributed by atoms with Crippen LogP contribution in [0.15, 0.2) is 22.8 Å². The summed E-state index contributed by atoms with van der Waals surface area (Å²) in [6.07, 6.45) is 8.87. The lowest BCUT2D eigenvalue weighted by Gasteiger charge is -2.53. The van der Waals surface area contributed by atoms with Crippen molar-refractivity contribution in [3.8, 4) is 0 Å². The maximum atomic E-state index is 13.9. The summed E-state index contributed by atoms with van der Waals surface area (Å²) in [5.74, 6) is 0.823. The van der Waals surface area contributed by atoms with Gasteiger partial charge in [-0.2, -0.15) is 4.98 Å². The molecular weight excluding hydrogens is 323 g/mol. The van der Waals surface area contributed by atoms with E-state index in [4.69, 9.17) is 9.26 Å². The minimum Gasteiger partial charge on any atom is -0.469 e. The molecule has 134 valence electrons. The lowest BCUT2D eigenvalue weighted by Crippen LogP contribution is -2.53. The summed E-state index contributed by atoms with van der Waals surface area (Å²) in [7, 11) is 1.44. The quantitative estimate of drug-likeness (QED) is 0.780. The number of rotatable bonds is 3. The van der Waals surface area contributed by atoms with Crippen molar-refractivity contribution in [2.24, 2.45) is 11.3 Å². The normalized spacial score (nSPS) is 39.5. The fourth-order valence-electron chi connectivity index (χ4n) is 4.84. The van der Waals surface area contributed by atoms with Crippen molar-refractivity contribution in [2.75, 3.05) is 7.11 Å². The van der Waals surface area contributed by atoms with E-state index in [1.54, 1.807) is 19.1 Å². The number of carbonyl (C=O) groups excluding carboxylic acids is 1. The molecule has 4 rings (SSSR count). The molecular formula is C19H23FN2O3. The Morgan fingerprint density at radius 1 is 1.36 bits per heavy atom. The third-order valence-corrected chi connectivity index (χ3v) is 6.70. The Morgan fingerprint density at radius 2 is 2.16 bits per heavy atom. The van der Waals surface area contributed by atoms with Gasteiger partial charge in [-0.15, -0.1) is 0 Å². The third kappa shape index (κ3) is 2.22. The summed E-state index contributed by atoms with van der Waals surface area (Å²) in [5.41, 5.74) is -0.978. The molecule has 4 unspecified atom stereocenters. The topological polar surface area (TPSA) is 65.2 Å².